The van der Waals surface area contributed by atoms with Crippen LogP contribution >= 0.6 is 0 Å². The molecule has 19 heavy (non-hydrogen) atoms. The van der Waals surface area contributed by atoms with Gasteiger partial charge in [-0.1, -0.05) is 12.1 Å². The highest BCUT2D eigenvalue weighted by molar-refractivity contribution is 5.77. The minimum Gasteiger partial charge on any atom is -0.372 e. The number of hydrogen-bond donors (Lipinski definition) is 0. The van der Waals surface area contributed by atoms with E-state index in [1.165, 1.54) is 4.57 Å². The normalized spacial score (nSPS) is 11.9. The molecule has 0 saturated heterocycles. The Morgan fingerprint density at radius 3 is 2.58 bits per heavy atom. The Hall–Kier alpha value is -1.88. The van der Waals surface area contributed by atoms with Crippen molar-refractivity contribution in [3.63, 3.8) is 0 Å². The molecule has 0 spiro atoms. The lowest BCUT2D eigenvalue weighted by atomic mass is 10.2. The molecule has 0 amide bonds. The highest BCUT2D eigenvalue weighted by Crippen LogP contribution is 2.08. The molecule has 2 rings (SSSR count). The molecule has 1 aromatic heterocycles. The minimum atomic E-state index is -0.584. The van der Waals surface area contributed by atoms with Gasteiger partial charge in [-0.15, -0.1) is 0 Å². The van der Waals surface area contributed by atoms with Crippen molar-refractivity contribution in [2.45, 2.75) is 13.5 Å². The van der Waals surface area contributed by atoms with E-state index >= 15 is 0 Å². The molecular weight excluding hydrogens is 244 g/mol. The number of nitrogens with zero attached hydrogens (tertiary/aromatic N) is 2. The van der Waals surface area contributed by atoms with Gasteiger partial charge < -0.3 is 8.90 Å². The van der Waals surface area contributed by atoms with Crippen LogP contribution in [-0.2, 0) is 6.54 Å². The Bertz CT molecular complexity index is 698. The molecule has 0 unspecified atom stereocenters. The van der Waals surface area contributed by atoms with Crippen LogP contribution in [-0.4, -0.2) is 36.2 Å². The lowest BCUT2D eigenvalue weighted by molar-refractivity contribution is -0.889. The van der Waals surface area contributed by atoms with Crippen LogP contribution in [0.25, 0.3) is 10.9 Å². The van der Waals surface area contributed by atoms with Crippen LogP contribution < -0.4 is 11.4 Å². The summed E-state index contributed by atoms with van der Waals surface area (Å²) in [4.78, 5) is 23.5. The number of para-hydroxylation sites is 1. The van der Waals surface area contributed by atoms with E-state index in [-0.39, 0.29) is 0 Å². The summed E-state index contributed by atoms with van der Waals surface area (Å²) in [7, 11) is 4.21. The Morgan fingerprint density at radius 2 is 1.89 bits per heavy atom. The van der Waals surface area contributed by atoms with Crippen LogP contribution in [0, 0.1) is 0 Å². The van der Waals surface area contributed by atoms with E-state index in [9.17, 15) is 9.59 Å². The first-order chi connectivity index (χ1) is 8.94. The number of fused-ring (bicyclic) bond motifs is 1. The number of hydrogen-bond acceptors (Lipinski definition) is 3. The second-order valence-corrected chi connectivity index (χ2v) is 5.30. The molecule has 0 radical (unpaired) electrons. The van der Waals surface area contributed by atoms with Crippen LogP contribution in [0.1, 0.15) is 6.92 Å². The summed E-state index contributed by atoms with van der Waals surface area (Å²) in [6, 6.07) is 7.04. The maximum atomic E-state index is 11.8. The van der Waals surface area contributed by atoms with Crippen LogP contribution in [0.2, 0.25) is 0 Å². The number of likely N-dealkylation sites (N-methyl/N-ethyl adjacent to an activating group) is 1. The maximum Gasteiger partial charge on any atom is 0.422 e. The molecular formula is C14H19N2O3+. The molecule has 0 aliphatic carbocycles. The van der Waals surface area contributed by atoms with Crippen molar-refractivity contribution in [2.75, 3.05) is 27.2 Å². The zero-order valence-electron chi connectivity index (χ0n) is 11.5. The smallest absolute Gasteiger partial charge is 0.372 e. The monoisotopic (exact) mass is 263 g/mol. The number of quaternary nitrogens is 1. The van der Waals surface area contributed by atoms with Crippen LogP contribution in [0.4, 0.5) is 0 Å². The largest absolute Gasteiger partial charge is 0.422 e. The predicted molar refractivity (Wildman–Crippen MR) is 74.3 cm³/mol. The fourth-order valence-electron chi connectivity index (χ4n) is 1.91. The molecule has 0 atom stereocenters. The lowest BCUT2D eigenvalue weighted by Gasteiger charge is -2.28. The molecule has 0 aliphatic rings. The van der Waals surface area contributed by atoms with Crippen LogP contribution in [0.3, 0.4) is 0 Å². The molecule has 0 saturated carbocycles. The summed E-state index contributed by atoms with van der Waals surface area (Å²) in [5, 5.41) is 0.448. The molecule has 2 aromatic rings. The van der Waals surface area contributed by atoms with E-state index in [0.717, 1.165) is 17.6 Å². The third-order valence-corrected chi connectivity index (χ3v) is 3.60. The van der Waals surface area contributed by atoms with Gasteiger partial charge in [-0.25, -0.2) is 9.59 Å². The standard InChI is InChI=1S/C14H19N2O3/c1-4-16(2,3)10-9-15-12-8-6-5-7-11(12)13(17)19-14(15)18/h5-8H,4,9-10H2,1-3H3/q+1. The van der Waals surface area contributed by atoms with E-state index < -0.39 is 11.4 Å². The average Bonchev–Trinajstić information content (AvgIpc) is 2.38. The number of rotatable bonds is 4. The van der Waals surface area contributed by atoms with Crippen molar-refractivity contribution in [3.8, 4) is 0 Å². The van der Waals surface area contributed by atoms with Crippen molar-refractivity contribution in [1.29, 1.82) is 0 Å². The van der Waals surface area contributed by atoms with Gasteiger partial charge >= 0.3 is 11.4 Å². The molecule has 0 N–H and O–H groups in total. The van der Waals surface area contributed by atoms with Crippen molar-refractivity contribution in [3.05, 3.63) is 45.2 Å². The summed E-state index contributed by atoms with van der Waals surface area (Å²) in [5.74, 6) is -0.584. The fraction of sp³-hybridized carbons (Fsp3) is 0.429. The maximum absolute atomic E-state index is 11.8. The van der Waals surface area contributed by atoms with Gasteiger partial charge in [0.2, 0.25) is 0 Å². The van der Waals surface area contributed by atoms with Crippen molar-refractivity contribution >= 4 is 10.9 Å². The first kappa shape index (κ1) is 13.5. The van der Waals surface area contributed by atoms with E-state index in [1.807, 2.05) is 6.07 Å². The van der Waals surface area contributed by atoms with Gasteiger partial charge in [-0.05, 0) is 19.1 Å². The van der Waals surface area contributed by atoms with Gasteiger partial charge in [0.15, 0.2) is 0 Å². The van der Waals surface area contributed by atoms with Crippen molar-refractivity contribution < 1.29 is 8.90 Å². The first-order valence-electron chi connectivity index (χ1n) is 6.39. The third kappa shape index (κ3) is 2.76. The summed E-state index contributed by atoms with van der Waals surface area (Å²) >= 11 is 0. The zero-order chi connectivity index (χ0) is 14.0. The molecule has 0 fully saturated rings. The fourth-order valence-corrected chi connectivity index (χ4v) is 1.91. The first-order valence-corrected chi connectivity index (χ1v) is 6.39. The highest BCUT2D eigenvalue weighted by Gasteiger charge is 2.15. The van der Waals surface area contributed by atoms with Gasteiger partial charge in [0.25, 0.3) is 0 Å². The Kier molecular flexibility index (Phi) is 3.57. The van der Waals surface area contributed by atoms with Crippen LogP contribution in [0.15, 0.2) is 38.3 Å². The van der Waals surface area contributed by atoms with Gasteiger partial charge in [-0.2, -0.15) is 0 Å². The lowest BCUT2D eigenvalue weighted by Crippen LogP contribution is -2.43. The quantitative estimate of drug-likeness (QED) is 0.775. The van der Waals surface area contributed by atoms with Gasteiger partial charge in [0.1, 0.15) is 0 Å². The Balaban J connectivity index is 2.49. The van der Waals surface area contributed by atoms with E-state index in [4.69, 9.17) is 4.42 Å². The SMILES string of the molecule is CC[N+](C)(C)CCn1c(=O)oc(=O)c2ccccc21. The Morgan fingerprint density at radius 1 is 1.21 bits per heavy atom. The third-order valence-electron chi connectivity index (χ3n) is 3.60. The zero-order valence-corrected chi connectivity index (χ0v) is 11.5. The summed E-state index contributed by atoms with van der Waals surface area (Å²) in [6.07, 6.45) is 0. The van der Waals surface area contributed by atoms with Crippen molar-refractivity contribution in [1.82, 2.24) is 4.57 Å². The van der Waals surface area contributed by atoms with Gasteiger partial charge in [0.05, 0.1) is 44.6 Å². The molecule has 5 heteroatoms. The minimum absolute atomic E-state index is 0.448. The number of benzene rings is 1. The van der Waals surface area contributed by atoms with E-state index in [0.29, 0.717) is 17.4 Å². The van der Waals surface area contributed by atoms with Gasteiger partial charge in [0, 0.05) is 0 Å². The molecule has 102 valence electrons. The second kappa shape index (κ2) is 5.01. The molecule has 0 aliphatic heterocycles. The average molecular weight is 263 g/mol. The molecule has 1 aromatic carbocycles. The van der Waals surface area contributed by atoms with E-state index in [2.05, 4.69) is 21.0 Å². The molecule has 1 heterocycles. The predicted octanol–water partition coefficient (Wildman–Crippen LogP) is 1.05. The van der Waals surface area contributed by atoms with Crippen molar-refractivity contribution in [2.24, 2.45) is 0 Å². The summed E-state index contributed by atoms with van der Waals surface area (Å²) < 4.78 is 7.10. The summed E-state index contributed by atoms with van der Waals surface area (Å²) in [6.45, 7) is 4.41. The summed E-state index contributed by atoms with van der Waals surface area (Å²) in [5.41, 5.74) is 0.0703. The number of aromatic nitrogens is 1. The van der Waals surface area contributed by atoms with Gasteiger partial charge in [-0.3, -0.25) is 4.57 Å². The molecule has 5 nitrogen and oxygen atoms in total. The topological polar surface area (TPSA) is 52.2 Å². The molecule has 0 bridgehead atoms. The highest BCUT2D eigenvalue weighted by atomic mass is 16.4. The Labute approximate surface area is 111 Å². The van der Waals surface area contributed by atoms with Crippen LogP contribution in [0.5, 0.6) is 0 Å². The van der Waals surface area contributed by atoms with E-state index in [1.54, 1.807) is 18.2 Å². The second-order valence-electron chi connectivity index (χ2n) is 5.30.